The molecule has 0 bridgehead atoms. The zero-order chi connectivity index (χ0) is 24.4. The monoisotopic (exact) mass is 452 g/mol. The Hall–Kier alpha value is -3.09. The topological polar surface area (TPSA) is 79.8 Å². The number of aliphatic hydroxyl groups excluding tert-OH is 1. The van der Waals surface area contributed by atoms with Crippen molar-refractivity contribution in [2.45, 2.75) is 39.3 Å². The van der Waals surface area contributed by atoms with Gasteiger partial charge >= 0.3 is 0 Å². The zero-order valence-electron chi connectivity index (χ0n) is 20.1. The lowest BCUT2D eigenvalue weighted by atomic mass is 9.78. The van der Waals surface area contributed by atoms with Crippen molar-refractivity contribution in [3.63, 3.8) is 0 Å². The molecule has 1 atom stereocenters. The van der Waals surface area contributed by atoms with Crippen LogP contribution in [0.15, 0.2) is 72.8 Å². The van der Waals surface area contributed by atoms with E-state index in [1.165, 1.54) is 5.56 Å². The quantitative estimate of drug-likeness (QED) is 0.186. The van der Waals surface area contributed by atoms with Crippen LogP contribution in [0.25, 0.3) is 0 Å². The number of carbonyl (C=O) groups is 1. The standard InChI is InChI=1S/C27H36N2O4/c1-19(2)25(30)28-15-17-32-23-11-7-21(8-12-23)27(5,6)22-9-13-24(14-10-22)33-18-16-29-26(31)20(3)4/h7-14,25,28,30H,1,3,15-18H2,2,4-6H3,(H,29,31). The maximum absolute atomic E-state index is 11.5. The van der Waals surface area contributed by atoms with Crippen LogP contribution in [0, 0.1) is 0 Å². The lowest BCUT2D eigenvalue weighted by Gasteiger charge is -2.26. The summed E-state index contributed by atoms with van der Waals surface area (Å²) in [5.74, 6) is 1.38. The molecule has 6 nitrogen and oxygen atoms in total. The predicted octanol–water partition coefficient (Wildman–Crippen LogP) is 3.95. The Morgan fingerprint density at radius 3 is 1.79 bits per heavy atom. The number of hydrogen-bond donors (Lipinski definition) is 3. The second kappa shape index (κ2) is 12.2. The van der Waals surface area contributed by atoms with Gasteiger partial charge in [0.15, 0.2) is 0 Å². The molecule has 0 fully saturated rings. The third-order valence-corrected chi connectivity index (χ3v) is 5.37. The highest BCUT2D eigenvalue weighted by atomic mass is 16.5. The summed E-state index contributed by atoms with van der Waals surface area (Å²) in [5, 5.41) is 15.4. The van der Waals surface area contributed by atoms with E-state index in [0.717, 1.165) is 17.1 Å². The Morgan fingerprint density at radius 1 is 0.909 bits per heavy atom. The summed E-state index contributed by atoms with van der Waals surface area (Å²) >= 11 is 0. The number of ether oxygens (including phenoxy) is 2. The molecule has 33 heavy (non-hydrogen) atoms. The van der Waals surface area contributed by atoms with Gasteiger partial charge in [-0.05, 0) is 54.8 Å². The number of carbonyl (C=O) groups excluding carboxylic acids is 1. The van der Waals surface area contributed by atoms with Crippen molar-refractivity contribution in [3.8, 4) is 11.5 Å². The molecule has 0 radical (unpaired) electrons. The first kappa shape index (κ1) is 26.2. The van der Waals surface area contributed by atoms with Crippen LogP contribution in [-0.4, -0.2) is 43.5 Å². The molecule has 6 heteroatoms. The number of amides is 1. The van der Waals surface area contributed by atoms with Crippen LogP contribution in [0.1, 0.15) is 38.8 Å². The third kappa shape index (κ3) is 8.08. The van der Waals surface area contributed by atoms with E-state index in [4.69, 9.17) is 9.47 Å². The molecule has 0 saturated heterocycles. The van der Waals surface area contributed by atoms with Crippen LogP contribution >= 0.6 is 0 Å². The lowest BCUT2D eigenvalue weighted by molar-refractivity contribution is -0.117. The molecule has 178 valence electrons. The van der Waals surface area contributed by atoms with Gasteiger partial charge in [-0.2, -0.15) is 0 Å². The number of nitrogens with one attached hydrogen (secondary N) is 2. The second-order valence-electron chi connectivity index (χ2n) is 8.61. The molecule has 0 aliphatic heterocycles. The molecule has 1 amide bonds. The summed E-state index contributed by atoms with van der Waals surface area (Å²) in [5.41, 5.74) is 3.29. The highest BCUT2D eigenvalue weighted by Crippen LogP contribution is 2.33. The van der Waals surface area contributed by atoms with Crippen LogP contribution < -0.4 is 20.1 Å². The summed E-state index contributed by atoms with van der Waals surface area (Å²) in [6, 6.07) is 16.1. The van der Waals surface area contributed by atoms with Gasteiger partial charge in [0.2, 0.25) is 5.91 Å². The van der Waals surface area contributed by atoms with Gasteiger partial charge in [-0.15, -0.1) is 0 Å². The highest BCUT2D eigenvalue weighted by Gasteiger charge is 2.23. The molecular formula is C27H36N2O4. The molecule has 3 N–H and O–H groups in total. The fourth-order valence-electron chi connectivity index (χ4n) is 3.13. The first-order valence-corrected chi connectivity index (χ1v) is 11.1. The number of benzene rings is 2. The number of rotatable bonds is 13. The van der Waals surface area contributed by atoms with Gasteiger partial charge in [0.25, 0.3) is 0 Å². The molecule has 2 rings (SSSR count). The van der Waals surface area contributed by atoms with Crippen LogP contribution in [0.3, 0.4) is 0 Å². The average Bonchev–Trinajstić information content (AvgIpc) is 2.79. The Labute approximate surface area is 197 Å². The van der Waals surface area contributed by atoms with Crippen LogP contribution in [0.2, 0.25) is 0 Å². The third-order valence-electron chi connectivity index (χ3n) is 5.37. The minimum absolute atomic E-state index is 0.162. The van der Waals surface area contributed by atoms with Crippen molar-refractivity contribution in [2.75, 3.05) is 26.3 Å². The maximum atomic E-state index is 11.5. The predicted molar refractivity (Wildman–Crippen MR) is 133 cm³/mol. The number of aliphatic hydroxyl groups is 1. The van der Waals surface area contributed by atoms with Crippen molar-refractivity contribution < 1.29 is 19.4 Å². The first-order valence-electron chi connectivity index (χ1n) is 11.1. The average molecular weight is 453 g/mol. The molecule has 0 aliphatic carbocycles. The van der Waals surface area contributed by atoms with Gasteiger partial charge in [-0.1, -0.05) is 51.3 Å². The van der Waals surface area contributed by atoms with E-state index < -0.39 is 6.23 Å². The zero-order valence-corrected chi connectivity index (χ0v) is 20.1. The van der Waals surface area contributed by atoms with Crippen molar-refractivity contribution in [1.82, 2.24) is 10.6 Å². The minimum Gasteiger partial charge on any atom is -0.492 e. The molecule has 2 aromatic carbocycles. The van der Waals surface area contributed by atoms with Gasteiger partial charge in [0.1, 0.15) is 30.9 Å². The van der Waals surface area contributed by atoms with E-state index in [2.05, 4.69) is 61.9 Å². The molecular weight excluding hydrogens is 416 g/mol. The van der Waals surface area contributed by atoms with Crippen molar-refractivity contribution in [2.24, 2.45) is 0 Å². The second-order valence-corrected chi connectivity index (χ2v) is 8.61. The van der Waals surface area contributed by atoms with Crippen molar-refractivity contribution >= 4 is 5.91 Å². The molecule has 2 aromatic rings. The van der Waals surface area contributed by atoms with Crippen LogP contribution in [-0.2, 0) is 10.2 Å². The Kier molecular flexibility index (Phi) is 9.70. The summed E-state index contributed by atoms with van der Waals surface area (Å²) < 4.78 is 11.5. The van der Waals surface area contributed by atoms with Gasteiger partial charge in [0, 0.05) is 17.5 Å². The van der Waals surface area contributed by atoms with Crippen LogP contribution in [0.4, 0.5) is 0 Å². The van der Waals surface area contributed by atoms with E-state index >= 15 is 0 Å². The van der Waals surface area contributed by atoms with Gasteiger partial charge in [0.05, 0.1) is 6.54 Å². The fourth-order valence-corrected chi connectivity index (χ4v) is 3.13. The van der Waals surface area contributed by atoms with E-state index in [-0.39, 0.29) is 11.3 Å². The van der Waals surface area contributed by atoms with E-state index in [0.29, 0.717) is 37.4 Å². The van der Waals surface area contributed by atoms with Crippen molar-refractivity contribution in [1.29, 1.82) is 0 Å². The molecule has 1 unspecified atom stereocenters. The summed E-state index contributed by atoms with van der Waals surface area (Å²) in [7, 11) is 0. The number of hydrogen-bond acceptors (Lipinski definition) is 5. The van der Waals surface area contributed by atoms with E-state index in [1.807, 2.05) is 24.3 Å². The largest absolute Gasteiger partial charge is 0.492 e. The molecule has 0 spiro atoms. The Balaban J connectivity index is 1.87. The fraction of sp³-hybridized carbons (Fsp3) is 0.370. The van der Waals surface area contributed by atoms with E-state index in [1.54, 1.807) is 13.8 Å². The normalized spacial score (nSPS) is 12.0. The first-order chi connectivity index (χ1) is 15.6. The van der Waals surface area contributed by atoms with Gasteiger partial charge in [-0.25, -0.2) is 0 Å². The highest BCUT2D eigenvalue weighted by molar-refractivity contribution is 5.92. The molecule has 0 aromatic heterocycles. The Morgan fingerprint density at radius 2 is 1.36 bits per heavy atom. The van der Waals surface area contributed by atoms with Crippen LogP contribution in [0.5, 0.6) is 11.5 Å². The lowest BCUT2D eigenvalue weighted by Crippen LogP contribution is -2.32. The SMILES string of the molecule is C=C(C)C(=O)NCCOc1ccc(C(C)(C)c2ccc(OCCNC(O)C(=C)C)cc2)cc1. The summed E-state index contributed by atoms with van der Waals surface area (Å²) in [6.07, 6.45) is -0.712. The Bertz CT molecular complexity index is 934. The summed E-state index contributed by atoms with van der Waals surface area (Å²) in [4.78, 5) is 11.5. The smallest absolute Gasteiger partial charge is 0.246 e. The van der Waals surface area contributed by atoms with Crippen molar-refractivity contribution in [3.05, 3.63) is 84.0 Å². The maximum Gasteiger partial charge on any atom is 0.246 e. The van der Waals surface area contributed by atoms with Gasteiger partial charge < -0.3 is 19.9 Å². The van der Waals surface area contributed by atoms with E-state index in [9.17, 15) is 9.90 Å². The molecule has 0 saturated carbocycles. The molecule has 0 aliphatic rings. The minimum atomic E-state index is -0.712. The van der Waals surface area contributed by atoms with Gasteiger partial charge in [-0.3, -0.25) is 10.1 Å². The summed E-state index contributed by atoms with van der Waals surface area (Å²) in [6.45, 7) is 16.9. The molecule has 0 heterocycles.